The van der Waals surface area contributed by atoms with Crippen molar-refractivity contribution >= 4 is 34.8 Å². The van der Waals surface area contributed by atoms with E-state index < -0.39 is 0 Å². The van der Waals surface area contributed by atoms with Crippen LogP contribution in [-0.2, 0) is 4.79 Å². The van der Waals surface area contributed by atoms with E-state index in [1.165, 1.54) is 0 Å². The summed E-state index contributed by atoms with van der Waals surface area (Å²) in [6.45, 7) is 1.80. The van der Waals surface area contributed by atoms with Gasteiger partial charge in [0.2, 0.25) is 5.91 Å². The minimum Gasteiger partial charge on any atom is -0.326 e. The number of rotatable bonds is 5. The summed E-state index contributed by atoms with van der Waals surface area (Å²) in [7, 11) is 0. The second-order valence-corrected chi connectivity index (χ2v) is 6.43. The van der Waals surface area contributed by atoms with Gasteiger partial charge in [-0.1, -0.05) is 23.7 Å². The predicted octanol–water partition coefficient (Wildman–Crippen LogP) is 3.84. The number of hydrogen-bond donors (Lipinski definition) is 2. The summed E-state index contributed by atoms with van der Waals surface area (Å²) < 4.78 is 0. The van der Waals surface area contributed by atoms with Gasteiger partial charge in [0.15, 0.2) is 0 Å². The predicted molar refractivity (Wildman–Crippen MR) is 98.9 cm³/mol. The van der Waals surface area contributed by atoms with Crippen LogP contribution < -0.4 is 10.7 Å². The Hall–Kier alpha value is -2.66. The molecule has 3 rings (SSSR count). The van der Waals surface area contributed by atoms with Crippen LogP contribution in [0.2, 0.25) is 5.02 Å². The molecule has 1 aliphatic carbocycles. The largest absolute Gasteiger partial charge is 0.326 e. The number of halogens is 1. The molecule has 1 fully saturated rings. The van der Waals surface area contributed by atoms with Gasteiger partial charge in [0.05, 0.1) is 5.71 Å². The number of benzene rings is 2. The summed E-state index contributed by atoms with van der Waals surface area (Å²) in [6.07, 6.45) is 1.92. The van der Waals surface area contributed by atoms with Crippen LogP contribution in [0.25, 0.3) is 0 Å². The number of hydrazone groups is 1. The first-order chi connectivity index (χ1) is 12.0. The molecule has 1 aliphatic rings. The Labute approximate surface area is 151 Å². The van der Waals surface area contributed by atoms with Gasteiger partial charge in [-0.2, -0.15) is 5.10 Å². The molecule has 1 saturated carbocycles. The van der Waals surface area contributed by atoms with Crippen LogP contribution in [0.4, 0.5) is 5.69 Å². The Morgan fingerprint density at radius 3 is 2.48 bits per heavy atom. The van der Waals surface area contributed by atoms with Crippen LogP contribution in [0.15, 0.2) is 53.6 Å². The summed E-state index contributed by atoms with van der Waals surface area (Å²) in [5.41, 5.74) is 5.20. The van der Waals surface area contributed by atoms with E-state index in [1.54, 1.807) is 31.2 Å². The Bertz CT molecular complexity index is 827. The molecule has 6 heteroatoms. The summed E-state index contributed by atoms with van der Waals surface area (Å²) in [6, 6.07) is 14.0. The van der Waals surface area contributed by atoms with Crippen molar-refractivity contribution in [2.45, 2.75) is 19.8 Å². The summed E-state index contributed by atoms with van der Waals surface area (Å²) in [5.74, 6) is -0.103. The number of nitrogens with zero attached hydrogens (tertiary/aromatic N) is 1. The van der Waals surface area contributed by atoms with Gasteiger partial charge in [0, 0.05) is 22.2 Å². The highest BCUT2D eigenvalue weighted by molar-refractivity contribution is 6.30. The fourth-order valence-corrected chi connectivity index (χ4v) is 2.40. The van der Waals surface area contributed by atoms with Crippen LogP contribution >= 0.6 is 11.6 Å². The maximum Gasteiger partial charge on any atom is 0.271 e. The van der Waals surface area contributed by atoms with Crippen molar-refractivity contribution < 1.29 is 9.59 Å². The van der Waals surface area contributed by atoms with Crippen molar-refractivity contribution in [3.05, 3.63) is 64.7 Å². The van der Waals surface area contributed by atoms with E-state index in [4.69, 9.17) is 11.6 Å². The lowest BCUT2D eigenvalue weighted by atomic mass is 10.1. The Morgan fingerprint density at radius 1 is 1.08 bits per heavy atom. The topological polar surface area (TPSA) is 70.6 Å². The van der Waals surface area contributed by atoms with Crippen molar-refractivity contribution in [1.82, 2.24) is 5.43 Å². The minimum absolute atomic E-state index is 0.0581. The van der Waals surface area contributed by atoms with Crippen LogP contribution in [0.3, 0.4) is 0 Å². The molecule has 2 amide bonds. The first-order valence-electron chi connectivity index (χ1n) is 8.04. The molecule has 0 radical (unpaired) electrons. The van der Waals surface area contributed by atoms with E-state index in [9.17, 15) is 9.59 Å². The van der Waals surface area contributed by atoms with Crippen molar-refractivity contribution in [2.24, 2.45) is 11.0 Å². The first-order valence-corrected chi connectivity index (χ1v) is 8.42. The molecule has 5 nitrogen and oxygen atoms in total. The quantitative estimate of drug-likeness (QED) is 0.631. The van der Waals surface area contributed by atoms with E-state index in [1.807, 2.05) is 24.3 Å². The second-order valence-electron chi connectivity index (χ2n) is 5.99. The molecule has 2 aromatic rings. The van der Waals surface area contributed by atoms with Gasteiger partial charge in [-0.25, -0.2) is 5.43 Å². The molecule has 2 aromatic carbocycles. The zero-order valence-electron chi connectivity index (χ0n) is 13.8. The average Bonchev–Trinajstić information content (AvgIpc) is 3.45. The molecular formula is C19H18ClN3O2. The SMILES string of the molecule is C/C(=N/NC(=O)c1ccc(Cl)cc1)c1cccc(NC(=O)C2CC2)c1. The number of carbonyl (C=O) groups is 2. The van der Waals surface area contributed by atoms with Crippen LogP contribution in [-0.4, -0.2) is 17.5 Å². The highest BCUT2D eigenvalue weighted by atomic mass is 35.5. The summed E-state index contributed by atoms with van der Waals surface area (Å²) in [5, 5.41) is 7.60. The molecule has 0 unspecified atom stereocenters. The fourth-order valence-electron chi connectivity index (χ4n) is 2.28. The van der Waals surface area contributed by atoms with Crippen molar-refractivity contribution in [1.29, 1.82) is 0 Å². The maximum atomic E-state index is 12.1. The molecular weight excluding hydrogens is 338 g/mol. The normalized spacial score (nSPS) is 14.1. The molecule has 0 atom stereocenters. The standard InChI is InChI=1S/C19H18ClN3O2/c1-12(22-23-19(25)14-7-9-16(20)10-8-14)15-3-2-4-17(11-15)21-18(24)13-5-6-13/h2-4,7-11,13H,5-6H2,1H3,(H,21,24)(H,23,25)/b22-12-. The van der Waals surface area contributed by atoms with Gasteiger partial charge >= 0.3 is 0 Å². The van der Waals surface area contributed by atoms with Gasteiger partial charge in [0.1, 0.15) is 0 Å². The molecule has 0 heterocycles. The number of anilines is 1. The van der Waals surface area contributed by atoms with Crippen LogP contribution in [0, 0.1) is 5.92 Å². The molecule has 0 spiro atoms. The molecule has 0 bridgehead atoms. The zero-order valence-corrected chi connectivity index (χ0v) is 14.5. The van der Waals surface area contributed by atoms with Gasteiger partial charge in [-0.05, 0) is 61.7 Å². The lowest BCUT2D eigenvalue weighted by Gasteiger charge is -2.07. The lowest BCUT2D eigenvalue weighted by molar-refractivity contribution is -0.117. The number of nitrogens with one attached hydrogen (secondary N) is 2. The second kappa shape index (κ2) is 7.49. The molecule has 0 saturated heterocycles. The third kappa shape index (κ3) is 4.67. The third-order valence-electron chi connectivity index (χ3n) is 3.93. The van der Waals surface area contributed by atoms with Gasteiger partial charge in [0.25, 0.3) is 5.91 Å². The van der Waals surface area contributed by atoms with Crippen LogP contribution in [0.1, 0.15) is 35.7 Å². The molecule has 128 valence electrons. The van der Waals surface area contributed by atoms with E-state index in [-0.39, 0.29) is 17.7 Å². The highest BCUT2D eigenvalue weighted by Crippen LogP contribution is 2.30. The van der Waals surface area contributed by atoms with Crippen molar-refractivity contribution in [3.8, 4) is 0 Å². The zero-order chi connectivity index (χ0) is 17.8. The van der Waals surface area contributed by atoms with E-state index in [0.717, 1.165) is 24.1 Å². The molecule has 25 heavy (non-hydrogen) atoms. The third-order valence-corrected chi connectivity index (χ3v) is 4.18. The fraction of sp³-hybridized carbons (Fsp3) is 0.211. The van der Waals surface area contributed by atoms with Crippen LogP contribution in [0.5, 0.6) is 0 Å². The minimum atomic E-state index is -0.311. The van der Waals surface area contributed by atoms with E-state index >= 15 is 0 Å². The Morgan fingerprint density at radius 2 is 1.80 bits per heavy atom. The van der Waals surface area contributed by atoms with Gasteiger partial charge in [-0.15, -0.1) is 0 Å². The maximum absolute atomic E-state index is 12.1. The average molecular weight is 356 g/mol. The number of hydrogen-bond acceptors (Lipinski definition) is 3. The van der Waals surface area contributed by atoms with E-state index in [2.05, 4.69) is 15.8 Å². The monoisotopic (exact) mass is 355 g/mol. The molecule has 0 aliphatic heterocycles. The van der Waals surface area contributed by atoms with Gasteiger partial charge < -0.3 is 5.32 Å². The summed E-state index contributed by atoms with van der Waals surface area (Å²) in [4.78, 5) is 23.9. The van der Waals surface area contributed by atoms with Crippen molar-refractivity contribution in [3.63, 3.8) is 0 Å². The number of carbonyl (C=O) groups excluding carboxylic acids is 2. The van der Waals surface area contributed by atoms with Gasteiger partial charge in [-0.3, -0.25) is 9.59 Å². The molecule has 2 N–H and O–H groups in total. The Balaban J connectivity index is 1.66. The Kier molecular flexibility index (Phi) is 5.14. The van der Waals surface area contributed by atoms with E-state index in [0.29, 0.717) is 16.3 Å². The first kappa shape index (κ1) is 17.2. The molecule has 0 aromatic heterocycles. The number of amides is 2. The van der Waals surface area contributed by atoms with Crippen molar-refractivity contribution in [2.75, 3.05) is 5.32 Å². The highest BCUT2D eigenvalue weighted by Gasteiger charge is 2.29. The lowest BCUT2D eigenvalue weighted by Crippen LogP contribution is -2.19. The summed E-state index contributed by atoms with van der Waals surface area (Å²) >= 11 is 5.81. The smallest absolute Gasteiger partial charge is 0.271 e.